The van der Waals surface area contributed by atoms with Crippen LogP contribution >= 0.6 is 0 Å². The number of benzene rings is 1. The molecular weight excluding hydrogens is 268 g/mol. The van der Waals surface area contributed by atoms with Crippen LogP contribution in [0.1, 0.15) is 35.7 Å². The maximum atomic E-state index is 12.3. The predicted octanol–water partition coefficient (Wildman–Crippen LogP) is 1.17. The van der Waals surface area contributed by atoms with Gasteiger partial charge in [-0.25, -0.2) is 0 Å². The number of rotatable bonds is 5. The van der Waals surface area contributed by atoms with Crippen molar-refractivity contribution >= 4 is 11.8 Å². The second-order valence-electron chi connectivity index (χ2n) is 5.78. The molecule has 0 aliphatic heterocycles. The SMILES string of the molecule is CC(=O)NCc1ccc(C(=O)N(C)CC2CC(O)C2)cc1. The molecule has 0 radical (unpaired) electrons. The van der Waals surface area contributed by atoms with Crippen LogP contribution in [-0.2, 0) is 11.3 Å². The molecule has 1 aromatic carbocycles. The first kappa shape index (κ1) is 15.5. The molecule has 5 heteroatoms. The van der Waals surface area contributed by atoms with Crippen LogP contribution in [0.4, 0.5) is 0 Å². The van der Waals surface area contributed by atoms with E-state index in [1.54, 1.807) is 24.1 Å². The van der Waals surface area contributed by atoms with Crippen molar-refractivity contribution in [2.24, 2.45) is 5.92 Å². The van der Waals surface area contributed by atoms with Gasteiger partial charge in [-0.3, -0.25) is 9.59 Å². The Morgan fingerprint density at radius 3 is 2.43 bits per heavy atom. The first-order chi connectivity index (χ1) is 9.95. The van der Waals surface area contributed by atoms with Gasteiger partial charge in [0.15, 0.2) is 0 Å². The molecule has 1 aromatic rings. The molecule has 0 atom stereocenters. The summed E-state index contributed by atoms with van der Waals surface area (Å²) in [7, 11) is 1.79. The zero-order valence-corrected chi connectivity index (χ0v) is 12.5. The van der Waals surface area contributed by atoms with Gasteiger partial charge in [-0.15, -0.1) is 0 Å². The van der Waals surface area contributed by atoms with E-state index in [-0.39, 0.29) is 17.9 Å². The molecule has 21 heavy (non-hydrogen) atoms. The molecule has 2 amide bonds. The lowest BCUT2D eigenvalue weighted by atomic mass is 9.82. The van der Waals surface area contributed by atoms with E-state index in [4.69, 9.17) is 0 Å². The van der Waals surface area contributed by atoms with Gasteiger partial charge >= 0.3 is 0 Å². The van der Waals surface area contributed by atoms with Crippen LogP contribution < -0.4 is 5.32 Å². The summed E-state index contributed by atoms with van der Waals surface area (Å²) >= 11 is 0. The summed E-state index contributed by atoms with van der Waals surface area (Å²) in [5.74, 6) is 0.327. The summed E-state index contributed by atoms with van der Waals surface area (Å²) in [4.78, 5) is 24.8. The average molecular weight is 290 g/mol. The molecule has 0 bridgehead atoms. The van der Waals surface area contributed by atoms with Gasteiger partial charge in [0, 0.05) is 32.6 Å². The Morgan fingerprint density at radius 2 is 1.90 bits per heavy atom. The highest BCUT2D eigenvalue weighted by Crippen LogP contribution is 2.27. The van der Waals surface area contributed by atoms with Gasteiger partial charge in [0.25, 0.3) is 5.91 Å². The van der Waals surface area contributed by atoms with Gasteiger partial charge in [-0.05, 0) is 36.5 Å². The molecule has 0 heterocycles. The molecule has 1 aliphatic carbocycles. The summed E-state index contributed by atoms with van der Waals surface area (Å²) in [5.41, 5.74) is 1.61. The van der Waals surface area contributed by atoms with Crippen molar-refractivity contribution in [1.29, 1.82) is 0 Å². The Balaban J connectivity index is 1.88. The lowest BCUT2D eigenvalue weighted by Crippen LogP contribution is -2.39. The minimum atomic E-state index is -0.188. The van der Waals surface area contributed by atoms with E-state index in [0.29, 0.717) is 24.6 Å². The Labute approximate surface area is 125 Å². The molecule has 0 saturated heterocycles. The quantitative estimate of drug-likeness (QED) is 0.855. The first-order valence-electron chi connectivity index (χ1n) is 7.22. The van der Waals surface area contributed by atoms with E-state index < -0.39 is 0 Å². The normalized spacial score (nSPS) is 20.5. The fraction of sp³-hybridized carbons (Fsp3) is 0.500. The fourth-order valence-electron chi connectivity index (χ4n) is 2.53. The number of hydrogen-bond acceptors (Lipinski definition) is 3. The number of carbonyl (C=O) groups is 2. The number of nitrogens with one attached hydrogen (secondary N) is 1. The van der Waals surface area contributed by atoms with Crippen LogP contribution in [0.25, 0.3) is 0 Å². The smallest absolute Gasteiger partial charge is 0.253 e. The highest BCUT2D eigenvalue weighted by molar-refractivity contribution is 5.94. The summed E-state index contributed by atoms with van der Waals surface area (Å²) in [6.45, 7) is 2.63. The zero-order valence-electron chi connectivity index (χ0n) is 12.5. The van der Waals surface area contributed by atoms with Crippen molar-refractivity contribution in [3.8, 4) is 0 Å². The number of hydrogen-bond donors (Lipinski definition) is 2. The van der Waals surface area contributed by atoms with Crippen molar-refractivity contribution in [3.63, 3.8) is 0 Å². The van der Waals surface area contributed by atoms with Crippen LogP contribution in [0.15, 0.2) is 24.3 Å². The van der Waals surface area contributed by atoms with Gasteiger partial charge < -0.3 is 15.3 Å². The zero-order chi connectivity index (χ0) is 15.4. The second-order valence-corrected chi connectivity index (χ2v) is 5.78. The predicted molar refractivity (Wildman–Crippen MR) is 79.7 cm³/mol. The molecule has 0 spiro atoms. The number of aliphatic hydroxyl groups excluding tert-OH is 1. The number of carbonyl (C=O) groups excluding carboxylic acids is 2. The third-order valence-electron chi connectivity index (χ3n) is 3.83. The maximum absolute atomic E-state index is 12.3. The van der Waals surface area contributed by atoms with Gasteiger partial charge in [0.2, 0.25) is 5.91 Å². The minimum Gasteiger partial charge on any atom is -0.393 e. The molecule has 1 fully saturated rings. The summed E-state index contributed by atoms with van der Waals surface area (Å²) in [6.07, 6.45) is 1.38. The lowest BCUT2D eigenvalue weighted by molar-refractivity contribution is -0.119. The standard InChI is InChI=1S/C16H22N2O3/c1-11(19)17-9-12-3-5-14(6-4-12)16(21)18(2)10-13-7-15(20)8-13/h3-6,13,15,20H,7-10H2,1-2H3,(H,17,19). The summed E-state index contributed by atoms with van der Waals surface area (Å²) < 4.78 is 0. The minimum absolute atomic E-state index is 0.0116. The van der Waals surface area contributed by atoms with Crippen molar-refractivity contribution in [3.05, 3.63) is 35.4 Å². The van der Waals surface area contributed by atoms with Crippen LogP contribution in [0.2, 0.25) is 0 Å². The molecule has 0 unspecified atom stereocenters. The Morgan fingerprint density at radius 1 is 1.29 bits per heavy atom. The lowest BCUT2D eigenvalue weighted by Gasteiger charge is -2.34. The highest BCUT2D eigenvalue weighted by Gasteiger charge is 2.29. The van der Waals surface area contributed by atoms with Crippen molar-refractivity contribution in [2.45, 2.75) is 32.4 Å². The second kappa shape index (κ2) is 6.72. The molecule has 5 nitrogen and oxygen atoms in total. The van der Waals surface area contributed by atoms with Gasteiger partial charge in [-0.2, -0.15) is 0 Å². The number of amides is 2. The monoisotopic (exact) mass is 290 g/mol. The molecule has 2 N–H and O–H groups in total. The van der Waals surface area contributed by atoms with E-state index in [0.717, 1.165) is 18.4 Å². The van der Waals surface area contributed by atoms with Crippen LogP contribution in [0, 0.1) is 5.92 Å². The van der Waals surface area contributed by atoms with E-state index in [1.165, 1.54) is 6.92 Å². The number of nitrogens with zero attached hydrogens (tertiary/aromatic N) is 1. The molecule has 2 rings (SSSR count). The maximum Gasteiger partial charge on any atom is 0.253 e. The third-order valence-corrected chi connectivity index (χ3v) is 3.83. The highest BCUT2D eigenvalue weighted by atomic mass is 16.3. The molecule has 1 aliphatic rings. The van der Waals surface area contributed by atoms with Crippen molar-refractivity contribution in [1.82, 2.24) is 10.2 Å². The molecule has 114 valence electrons. The van der Waals surface area contributed by atoms with Gasteiger partial charge in [0.05, 0.1) is 6.10 Å². The van der Waals surface area contributed by atoms with Gasteiger partial charge in [-0.1, -0.05) is 12.1 Å². The van der Waals surface area contributed by atoms with Gasteiger partial charge in [0.1, 0.15) is 0 Å². The summed E-state index contributed by atoms with van der Waals surface area (Å²) in [5, 5.41) is 12.0. The largest absolute Gasteiger partial charge is 0.393 e. The van der Waals surface area contributed by atoms with Crippen molar-refractivity contribution in [2.75, 3.05) is 13.6 Å². The van der Waals surface area contributed by atoms with Crippen LogP contribution in [-0.4, -0.2) is 41.5 Å². The van der Waals surface area contributed by atoms with E-state index in [2.05, 4.69) is 5.32 Å². The van der Waals surface area contributed by atoms with Crippen molar-refractivity contribution < 1.29 is 14.7 Å². The Hall–Kier alpha value is -1.88. The Kier molecular flexibility index (Phi) is 4.96. The van der Waals surface area contributed by atoms with Crippen LogP contribution in [0.3, 0.4) is 0 Å². The van der Waals surface area contributed by atoms with E-state index in [1.807, 2.05) is 12.1 Å². The molecule has 1 saturated carbocycles. The molecular formula is C16H22N2O3. The van der Waals surface area contributed by atoms with E-state index >= 15 is 0 Å². The average Bonchev–Trinajstić information content (AvgIpc) is 2.43. The Bertz CT molecular complexity index is 507. The first-order valence-corrected chi connectivity index (χ1v) is 7.22. The topological polar surface area (TPSA) is 69.6 Å². The fourth-order valence-corrected chi connectivity index (χ4v) is 2.53. The third kappa shape index (κ3) is 4.29. The van der Waals surface area contributed by atoms with E-state index in [9.17, 15) is 14.7 Å². The van der Waals surface area contributed by atoms with Crippen LogP contribution in [0.5, 0.6) is 0 Å². The number of aliphatic hydroxyl groups is 1. The summed E-state index contributed by atoms with van der Waals surface area (Å²) in [6, 6.07) is 7.27. The molecule has 0 aromatic heterocycles.